The van der Waals surface area contributed by atoms with Crippen LogP contribution in [-0.2, 0) is 11.2 Å². The lowest BCUT2D eigenvalue weighted by atomic mass is 9.99. The summed E-state index contributed by atoms with van der Waals surface area (Å²) in [6.45, 7) is 6.43. The van der Waals surface area contributed by atoms with Gasteiger partial charge in [0.1, 0.15) is 5.82 Å². The van der Waals surface area contributed by atoms with Crippen LogP contribution < -0.4 is 10.2 Å². The highest BCUT2D eigenvalue weighted by atomic mass is 35.5. The fourth-order valence-electron chi connectivity index (χ4n) is 3.61. The van der Waals surface area contributed by atoms with Crippen molar-refractivity contribution in [2.45, 2.75) is 39.2 Å². The lowest BCUT2D eigenvalue weighted by Gasteiger charge is -2.33. The van der Waals surface area contributed by atoms with Crippen LogP contribution in [0, 0.1) is 11.7 Å². The van der Waals surface area contributed by atoms with E-state index >= 15 is 0 Å². The second kappa shape index (κ2) is 8.75. The smallest absolute Gasteiger partial charge is 0.225 e. The number of rotatable bonds is 5. The van der Waals surface area contributed by atoms with Crippen molar-refractivity contribution in [3.63, 3.8) is 0 Å². The Hall–Kier alpha value is -2.07. The third-order valence-electron chi connectivity index (χ3n) is 5.16. The first-order valence-electron chi connectivity index (χ1n) is 9.50. The van der Waals surface area contributed by atoms with Gasteiger partial charge in [0.25, 0.3) is 0 Å². The third kappa shape index (κ3) is 5.23. The average Bonchev–Trinajstić information content (AvgIpc) is 2.64. The van der Waals surface area contributed by atoms with Gasteiger partial charge in [-0.15, -0.1) is 0 Å². The molecular formula is C22H26ClFN2O. The van der Waals surface area contributed by atoms with Gasteiger partial charge >= 0.3 is 0 Å². The van der Waals surface area contributed by atoms with Crippen LogP contribution >= 0.6 is 11.6 Å². The molecule has 144 valence electrons. The molecule has 1 amide bonds. The SMILES string of the molecule is C[C@H]1CCCN(c2ccc([C@H](C)NC(=O)Cc3ccc(Cl)cc3F)cc2)C1. The Morgan fingerprint density at radius 1 is 1.30 bits per heavy atom. The van der Waals surface area contributed by atoms with Crippen molar-refractivity contribution in [1.29, 1.82) is 0 Å². The maximum atomic E-state index is 13.9. The number of piperidine rings is 1. The maximum absolute atomic E-state index is 13.9. The van der Waals surface area contributed by atoms with Gasteiger partial charge in [0, 0.05) is 23.8 Å². The predicted octanol–water partition coefficient (Wildman–Crippen LogP) is 5.14. The highest BCUT2D eigenvalue weighted by Crippen LogP contribution is 2.24. The minimum Gasteiger partial charge on any atom is -0.371 e. The van der Waals surface area contributed by atoms with Gasteiger partial charge in [-0.05, 0) is 61.1 Å². The molecule has 1 N–H and O–H groups in total. The van der Waals surface area contributed by atoms with E-state index in [1.54, 1.807) is 12.1 Å². The second-order valence-corrected chi connectivity index (χ2v) is 7.92. The Morgan fingerprint density at radius 3 is 2.70 bits per heavy atom. The van der Waals surface area contributed by atoms with E-state index in [1.165, 1.54) is 24.6 Å². The number of hydrogen-bond donors (Lipinski definition) is 1. The van der Waals surface area contributed by atoms with Crippen molar-refractivity contribution in [3.05, 3.63) is 64.4 Å². The molecular weight excluding hydrogens is 363 g/mol. The summed E-state index contributed by atoms with van der Waals surface area (Å²) >= 11 is 5.75. The first kappa shape index (κ1) is 19.7. The molecule has 2 aromatic rings. The molecule has 0 aromatic heterocycles. The van der Waals surface area contributed by atoms with Crippen LogP contribution in [0.4, 0.5) is 10.1 Å². The van der Waals surface area contributed by atoms with Crippen LogP contribution in [0.1, 0.15) is 43.9 Å². The van der Waals surface area contributed by atoms with Gasteiger partial charge in [0.2, 0.25) is 5.91 Å². The number of halogens is 2. The number of anilines is 1. The molecule has 0 spiro atoms. The summed E-state index contributed by atoms with van der Waals surface area (Å²) in [5.41, 5.74) is 2.61. The number of amides is 1. The molecule has 0 saturated carbocycles. The van der Waals surface area contributed by atoms with E-state index in [-0.39, 0.29) is 18.4 Å². The highest BCUT2D eigenvalue weighted by Gasteiger charge is 2.17. The second-order valence-electron chi connectivity index (χ2n) is 7.49. The van der Waals surface area contributed by atoms with E-state index in [1.807, 2.05) is 6.92 Å². The molecule has 1 saturated heterocycles. The van der Waals surface area contributed by atoms with Crippen LogP contribution in [0.15, 0.2) is 42.5 Å². The normalized spacial score (nSPS) is 18.2. The lowest BCUT2D eigenvalue weighted by molar-refractivity contribution is -0.121. The molecule has 3 rings (SSSR count). The number of carbonyl (C=O) groups is 1. The summed E-state index contributed by atoms with van der Waals surface area (Å²) in [6, 6.07) is 12.6. The zero-order chi connectivity index (χ0) is 19.4. The molecule has 0 unspecified atom stereocenters. The van der Waals surface area contributed by atoms with Crippen LogP contribution in [0.25, 0.3) is 0 Å². The Labute approximate surface area is 165 Å². The summed E-state index contributed by atoms with van der Waals surface area (Å²) in [5.74, 6) is 0.0629. The van der Waals surface area contributed by atoms with E-state index in [4.69, 9.17) is 11.6 Å². The quantitative estimate of drug-likeness (QED) is 0.769. The number of benzene rings is 2. The van der Waals surface area contributed by atoms with Crippen molar-refractivity contribution >= 4 is 23.2 Å². The molecule has 5 heteroatoms. The van der Waals surface area contributed by atoms with E-state index in [2.05, 4.69) is 41.4 Å². The number of hydrogen-bond acceptors (Lipinski definition) is 2. The van der Waals surface area contributed by atoms with E-state index in [9.17, 15) is 9.18 Å². The summed E-state index contributed by atoms with van der Waals surface area (Å²) in [7, 11) is 0. The largest absolute Gasteiger partial charge is 0.371 e. The topological polar surface area (TPSA) is 32.3 Å². The molecule has 27 heavy (non-hydrogen) atoms. The molecule has 2 atom stereocenters. The molecule has 1 fully saturated rings. The zero-order valence-electron chi connectivity index (χ0n) is 15.8. The number of nitrogens with zero attached hydrogens (tertiary/aromatic N) is 1. The van der Waals surface area contributed by atoms with Gasteiger partial charge in [0.15, 0.2) is 0 Å². The Balaban J connectivity index is 1.58. The number of nitrogens with one attached hydrogen (secondary N) is 1. The van der Waals surface area contributed by atoms with E-state index in [0.717, 1.165) is 24.6 Å². The van der Waals surface area contributed by atoms with Crippen molar-refractivity contribution < 1.29 is 9.18 Å². The molecule has 1 heterocycles. The van der Waals surface area contributed by atoms with Crippen LogP contribution in [-0.4, -0.2) is 19.0 Å². The van der Waals surface area contributed by atoms with Gasteiger partial charge < -0.3 is 10.2 Å². The number of carbonyl (C=O) groups excluding carboxylic acids is 1. The Morgan fingerprint density at radius 2 is 2.04 bits per heavy atom. The van der Waals surface area contributed by atoms with Gasteiger partial charge in [-0.1, -0.05) is 36.7 Å². The molecule has 1 aliphatic rings. The molecule has 0 bridgehead atoms. The Bertz CT molecular complexity index is 793. The fraction of sp³-hybridized carbons (Fsp3) is 0.409. The Kier molecular flexibility index (Phi) is 6.38. The summed E-state index contributed by atoms with van der Waals surface area (Å²) in [4.78, 5) is 14.7. The predicted molar refractivity (Wildman–Crippen MR) is 109 cm³/mol. The average molecular weight is 389 g/mol. The van der Waals surface area contributed by atoms with Crippen LogP contribution in [0.3, 0.4) is 0 Å². The molecule has 0 aliphatic carbocycles. The minimum atomic E-state index is -0.453. The lowest BCUT2D eigenvalue weighted by Crippen LogP contribution is -2.34. The fourth-order valence-corrected chi connectivity index (χ4v) is 3.77. The van der Waals surface area contributed by atoms with Crippen molar-refractivity contribution in [2.24, 2.45) is 5.92 Å². The van der Waals surface area contributed by atoms with Gasteiger partial charge in [-0.2, -0.15) is 0 Å². The molecule has 1 aliphatic heterocycles. The van der Waals surface area contributed by atoms with Gasteiger partial charge in [-0.3, -0.25) is 4.79 Å². The van der Waals surface area contributed by atoms with Gasteiger partial charge in [0.05, 0.1) is 12.5 Å². The van der Waals surface area contributed by atoms with Crippen molar-refractivity contribution in [2.75, 3.05) is 18.0 Å². The maximum Gasteiger partial charge on any atom is 0.225 e. The van der Waals surface area contributed by atoms with Crippen molar-refractivity contribution in [1.82, 2.24) is 5.32 Å². The van der Waals surface area contributed by atoms with Crippen molar-refractivity contribution in [3.8, 4) is 0 Å². The highest BCUT2D eigenvalue weighted by molar-refractivity contribution is 6.30. The van der Waals surface area contributed by atoms with E-state index < -0.39 is 5.82 Å². The summed E-state index contributed by atoms with van der Waals surface area (Å²) < 4.78 is 13.9. The first-order chi connectivity index (χ1) is 12.9. The standard InChI is InChI=1S/C22H26ClFN2O/c1-15-4-3-11-26(14-15)20-9-6-17(7-10-20)16(2)25-22(27)12-18-5-8-19(23)13-21(18)24/h5-10,13,15-16H,3-4,11-12,14H2,1-2H3,(H,25,27)/t15-,16-/m0/s1. The van der Waals surface area contributed by atoms with Crippen LogP contribution in [0.5, 0.6) is 0 Å². The first-order valence-corrected chi connectivity index (χ1v) is 9.88. The van der Waals surface area contributed by atoms with Crippen LogP contribution in [0.2, 0.25) is 5.02 Å². The zero-order valence-corrected chi connectivity index (χ0v) is 16.6. The summed E-state index contributed by atoms with van der Waals surface area (Å²) in [5, 5.41) is 3.27. The van der Waals surface area contributed by atoms with Gasteiger partial charge in [-0.25, -0.2) is 4.39 Å². The monoisotopic (exact) mass is 388 g/mol. The third-order valence-corrected chi connectivity index (χ3v) is 5.39. The molecule has 3 nitrogen and oxygen atoms in total. The molecule has 0 radical (unpaired) electrons. The minimum absolute atomic E-state index is 0.00288. The summed E-state index contributed by atoms with van der Waals surface area (Å²) in [6.07, 6.45) is 2.53. The van der Waals surface area contributed by atoms with E-state index in [0.29, 0.717) is 10.6 Å². The molecule has 2 aromatic carbocycles.